The number of rotatable bonds is 5. The molecule has 0 bridgehead atoms. The minimum atomic E-state index is -4.55. The summed E-state index contributed by atoms with van der Waals surface area (Å²) in [5, 5.41) is 30.3. The molecule has 53 heavy (non-hydrogen) atoms. The monoisotopic (exact) mass is 842 g/mol. The highest BCUT2D eigenvalue weighted by Gasteiger charge is 2.33. The number of anilines is 1. The Hall–Kier alpha value is -4.44. The Morgan fingerprint density at radius 1 is 0.868 bits per heavy atom. The predicted octanol–water partition coefficient (Wildman–Crippen LogP) is 6.81. The second kappa shape index (κ2) is 17.1. The summed E-state index contributed by atoms with van der Waals surface area (Å²) in [7, 11) is 0. The number of aromatic nitrogens is 12. The van der Waals surface area contributed by atoms with Crippen LogP contribution in [0.2, 0.25) is 0 Å². The van der Waals surface area contributed by atoms with Gasteiger partial charge in [-0.15, -0.1) is 53.3 Å². The van der Waals surface area contributed by atoms with Gasteiger partial charge in [-0.1, -0.05) is 11.3 Å². The lowest BCUT2D eigenvalue weighted by molar-refractivity contribution is -0.141. The first kappa shape index (κ1) is 36.9. The molecule has 9 heterocycles. The molecule has 274 valence electrons. The van der Waals surface area contributed by atoms with Gasteiger partial charge in [0.15, 0.2) is 21.1 Å². The van der Waals surface area contributed by atoms with Crippen LogP contribution in [0.4, 0.5) is 19.0 Å². The molecule has 2 unspecified atom stereocenters. The van der Waals surface area contributed by atoms with E-state index in [0.717, 1.165) is 70.9 Å². The van der Waals surface area contributed by atoms with E-state index in [1.165, 1.54) is 39.8 Å². The minimum absolute atomic E-state index is 0.279. The topological polar surface area (TPSA) is 161 Å². The van der Waals surface area contributed by atoms with Crippen LogP contribution in [0.5, 0.6) is 0 Å². The standard InChI is InChI=1S/C18H15F3N8S.C7H4BrN3S.C7H11N3S/c19-18(20,21)13-9-29-12(6-24-15(29)7-23-13)16-22-4-3-14(26-16)28-5-1-2-11(8-28)17-27-25-10-30-17;8-7-11-10-6(12-7)5-2-1-3-9-4-5;1-2-6(4-8-3-1)7-10-9-5-11-7/h3-4,6-7,9-11H,1-2,5,8H2;1-4H;5-6,8H,1-4H2. The zero-order valence-corrected chi connectivity index (χ0v) is 31.7. The van der Waals surface area contributed by atoms with Crippen LogP contribution >= 0.6 is 49.9 Å². The van der Waals surface area contributed by atoms with Crippen LogP contribution < -0.4 is 10.2 Å². The Balaban J connectivity index is 0.000000153. The highest BCUT2D eigenvalue weighted by atomic mass is 79.9. The van der Waals surface area contributed by atoms with Gasteiger partial charge < -0.3 is 10.2 Å². The van der Waals surface area contributed by atoms with Gasteiger partial charge in [0.1, 0.15) is 37.6 Å². The maximum atomic E-state index is 13.1. The van der Waals surface area contributed by atoms with Gasteiger partial charge in [-0.25, -0.2) is 19.9 Å². The summed E-state index contributed by atoms with van der Waals surface area (Å²) >= 11 is 7.96. The van der Waals surface area contributed by atoms with Crippen LogP contribution in [-0.2, 0) is 6.18 Å². The van der Waals surface area contributed by atoms with E-state index in [1.807, 2.05) is 17.6 Å². The van der Waals surface area contributed by atoms with Gasteiger partial charge in [0, 0.05) is 61.8 Å². The maximum Gasteiger partial charge on any atom is 0.434 e. The molecule has 0 spiro atoms. The van der Waals surface area contributed by atoms with E-state index in [9.17, 15) is 13.2 Å². The Kier molecular flexibility index (Phi) is 11.9. The van der Waals surface area contributed by atoms with Crippen molar-refractivity contribution in [2.24, 2.45) is 0 Å². The normalized spacial score (nSPS) is 17.5. The average Bonchev–Trinajstić information content (AvgIpc) is 4.04. The Labute approximate surface area is 321 Å². The maximum absolute atomic E-state index is 13.1. The van der Waals surface area contributed by atoms with E-state index < -0.39 is 11.9 Å². The SMILES string of the molecule is Brc1nnc(-c2cccnc2)s1.FC(F)(F)c1cn2c(-c3nccc(N4CCCC(c5nncs5)C4)n3)cnc2cn1.c1nnc(C2CCCNC2)s1. The Bertz CT molecular complexity index is 2180. The number of pyridine rings is 1. The predicted molar refractivity (Wildman–Crippen MR) is 199 cm³/mol. The molecule has 2 aliphatic rings. The molecular weight excluding hydrogens is 814 g/mol. The van der Waals surface area contributed by atoms with Crippen molar-refractivity contribution < 1.29 is 13.2 Å². The lowest BCUT2D eigenvalue weighted by Gasteiger charge is -2.32. The number of piperidine rings is 2. The number of halogens is 4. The van der Waals surface area contributed by atoms with E-state index in [4.69, 9.17) is 0 Å². The number of imidazole rings is 1. The number of fused-ring (bicyclic) bond motifs is 1. The van der Waals surface area contributed by atoms with E-state index >= 15 is 0 Å². The van der Waals surface area contributed by atoms with Crippen LogP contribution in [0.3, 0.4) is 0 Å². The van der Waals surface area contributed by atoms with Crippen molar-refractivity contribution in [2.75, 3.05) is 31.1 Å². The van der Waals surface area contributed by atoms with Crippen LogP contribution in [0, 0.1) is 0 Å². The van der Waals surface area contributed by atoms with Gasteiger partial charge in [-0.2, -0.15) is 13.2 Å². The van der Waals surface area contributed by atoms with Gasteiger partial charge in [0.2, 0.25) is 0 Å². The van der Waals surface area contributed by atoms with E-state index in [-0.39, 0.29) is 5.92 Å². The van der Waals surface area contributed by atoms with Gasteiger partial charge in [0.25, 0.3) is 0 Å². The molecule has 0 amide bonds. The lowest BCUT2D eigenvalue weighted by Crippen LogP contribution is -2.35. The van der Waals surface area contributed by atoms with Crippen LogP contribution in [0.1, 0.15) is 53.2 Å². The number of hydrogen-bond acceptors (Lipinski definition) is 16. The van der Waals surface area contributed by atoms with Crippen molar-refractivity contribution in [3.05, 3.63) is 86.0 Å². The molecule has 7 aromatic heterocycles. The summed E-state index contributed by atoms with van der Waals surface area (Å²) in [5.41, 5.74) is 4.20. The molecule has 14 nitrogen and oxygen atoms in total. The fourth-order valence-corrected chi connectivity index (χ4v) is 8.30. The number of alkyl halides is 3. The average molecular weight is 844 g/mol. The van der Waals surface area contributed by atoms with Crippen molar-refractivity contribution >= 4 is 61.4 Å². The highest BCUT2D eigenvalue weighted by molar-refractivity contribution is 9.11. The number of hydrogen-bond donors (Lipinski definition) is 1. The zero-order valence-electron chi connectivity index (χ0n) is 27.7. The van der Waals surface area contributed by atoms with Gasteiger partial charge in [-0.05, 0) is 66.4 Å². The molecule has 2 fully saturated rings. The highest BCUT2D eigenvalue weighted by Crippen LogP contribution is 2.32. The second-order valence-electron chi connectivity index (χ2n) is 11.9. The third-order valence-electron chi connectivity index (χ3n) is 8.36. The molecule has 0 saturated carbocycles. The van der Waals surface area contributed by atoms with Crippen LogP contribution in [-0.4, -0.2) is 86.1 Å². The van der Waals surface area contributed by atoms with Gasteiger partial charge >= 0.3 is 6.18 Å². The number of nitrogens with zero attached hydrogens (tertiary/aromatic N) is 13. The molecule has 2 saturated heterocycles. The summed E-state index contributed by atoms with van der Waals surface area (Å²) in [6, 6.07) is 5.64. The van der Waals surface area contributed by atoms with Crippen LogP contribution in [0.15, 0.2) is 70.3 Å². The van der Waals surface area contributed by atoms with Gasteiger partial charge in [0.05, 0.1) is 12.4 Å². The molecule has 7 aromatic rings. The van der Waals surface area contributed by atoms with Crippen molar-refractivity contribution in [1.82, 2.24) is 65.2 Å². The lowest BCUT2D eigenvalue weighted by atomic mass is 9.99. The Morgan fingerprint density at radius 2 is 1.68 bits per heavy atom. The third-order valence-corrected chi connectivity index (χ3v) is 11.5. The van der Waals surface area contributed by atoms with Gasteiger partial charge in [-0.3, -0.25) is 9.38 Å². The smallest absolute Gasteiger partial charge is 0.356 e. The number of nitrogens with one attached hydrogen (secondary N) is 1. The first-order valence-electron chi connectivity index (χ1n) is 16.4. The fraction of sp³-hybridized carbons (Fsp3) is 0.344. The minimum Gasteiger partial charge on any atom is -0.356 e. The molecule has 0 radical (unpaired) electrons. The largest absolute Gasteiger partial charge is 0.434 e. The molecule has 2 aliphatic heterocycles. The van der Waals surface area contributed by atoms with Crippen molar-refractivity contribution in [1.29, 1.82) is 0 Å². The van der Waals surface area contributed by atoms with E-state index in [2.05, 4.69) is 81.7 Å². The van der Waals surface area contributed by atoms with E-state index in [1.54, 1.807) is 52.8 Å². The van der Waals surface area contributed by atoms with Crippen molar-refractivity contribution in [3.8, 4) is 22.1 Å². The molecule has 9 rings (SSSR count). The summed E-state index contributed by atoms with van der Waals surface area (Å²) < 4.78 is 41.3. The molecule has 2 atom stereocenters. The first-order chi connectivity index (χ1) is 25.8. The third kappa shape index (κ3) is 9.39. The fourth-order valence-electron chi connectivity index (χ4n) is 5.83. The zero-order chi connectivity index (χ0) is 36.6. The van der Waals surface area contributed by atoms with Crippen molar-refractivity contribution in [2.45, 2.75) is 43.7 Å². The molecule has 1 N–H and O–H groups in total. The second-order valence-corrected chi connectivity index (χ2v) is 15.8. The summed E-state index contributed by atoms with van der Waals surface area (Å²) in [6.07, 6.45) is 8.58. The quantitative estimate of drug-likeness (QED) is 0.193. The van der Waals surface area contributed by atoms with Crippen LogP contribution in [0.25, 0.3) is 27.7 Å². The summed E-state index contributed by atoms with van der Waals surface area (Å²) in [5.74, 6) is 1.92. The first-order valence-corrected chi connectivity index (χ1v) is 19.8. The molecule has 0 aromatic carbocycles. The molecular formula is C32H30BrF3N14S3. The summed E-state index contributed by atoms with van der Waals surface area (Å²) in [6.45, 7) is 3.83. The van der Waals surface area contributed by atoms with E-state index in [0.29, 0.717) is 28.9 Å². The Morgan fingerprint density at radius 3 is 2.36 bits per heavy atom. The van der Waals surface area contributed by atoms with Crippen molar-refractivity contribution in [3.63, 3.8) is 0 Å². The molecule has 21 heteroatoms. The molecule has 0 aliphatic carbocycles. The summed E-state index contributed by atoms with van der Waals surface area (Å²) in [4.78, 5) is 22.6.